The molecule has 1 aromatic rings. The van der Waals surface area contributed by atoms with Gasteiger partial charge < -0.3 is 20.4 Å². The summed E-state index contributed by atoms with van der Waals surface area (Å²) in [6, 6.07) is 5.92. The van der Waals surface area contributed by atoms with Gasteiger partial charge in [0, 0.05) is 50.4 Å². The Morgan fingerprint density at radius 1 is 1.16 bits per heavy atom. The van der Waals surface area contributed by atoms with Crippen LogP contribution in [0.1, 0.15) is 31.2 Å². The van der Waals surface area contributed by atoms with Gasteiger partial charge in [-0.3, -0.25) is 9.59 Å². The maximum Gasteiger partial charge on any atom is 0.227 e. The summed E-state index contributed by atoms with van der Waals surface area (Å²) < 4.78 is 0. The predicted octanol–water partition coefficient (Wildman–Crippen LogP) is 2.03. The van der Waals surface area contributed by atoms with Crippen LogP contribution in [0.2, 0.25) is 0 Å². The number of amides is 2. The van der Waals surface area contributed by atoms with E-state index in [0.29, 0.717) is 31.0 Å². The molecular weight excluding hydrogens is 336 g/mol. The molecular formula is C18H24N4O2S. The molecule has 2 aliphatic rings. The first-order valence-corrected chi connectivity index (χ1v) is 9.19. The molecule has 25 heavy (non-hydrogen) atoms. The molecule has 0 bridgehead atoms. The van der Waals surface area contributed by atoms with Crippen LogP contribution in [0.25, 0.3) is 0 Å². The van der Waals surface area contributed by atoms with Crippen LogP contribution in [0.15, 0.2) is 18.2 Å². The Hall–Kier alpha value is -2.15. The smallest absolute Gasteiger partial charge is 0.227 e. The number of thiocarbonyl (C=S) groups is 1. The van der Waals surface area contributed by atoms with Crippen LogP contribution in [-0.2, 0) is 9.59 Å². The normalized spacial score (nSPS) is 17.3. The van der Waals surface area contributed by atoms with Crippen LogP contribution in [0, 0.1) is 6.92 Å². The molecule has 0 aliphatic carbocycles. The first-order valence-electron chi connectivity index (χ1n) is 8.78. The molecule has 2 saturated heterocycles. The molecule has 2 heterocycles. The van der Waals surface area contributed by atoms with Crippen LogP contribution in [0.3, 0.4) is 0 Å². The second-order valence-electron chi connectivity index (χ2n) is 6.52. The number of nitrogens with one attached hydrogen (secondary N) is 2. The van der Waals surface area contributed by atoms with Gasteiger partial charge in [0.25, 0.3) is 0 Å². The third-order valence-corrected chi connectivity index (χ3v) is 4.92. The molecule has 2 aliphatic heterocycles. The highest BCUT2D eigenvalue weighted by atomic mass is 32.1. The Labute approximate surface area is 153 Å². The first-order chi connectivity index (χ1) is 12.0. The second-order valence-corrected chi connectivity index (χ2v) is 6.92. The lowest BCUT2D eigenvalue weighted by atomic mass is 10.1. The van der Waals surface area contributed by atoms with Crippen LogP contribution < -0.4 is 15.5 Å². The van der Waals surface area contributed by atoms with Crippen LogP contribution in [-0.4, -0.2) is 48.0 Å². The monoisotopic (exact) mass is 360 g/mol. The molecule has 134 valence electrons. The molecule has 0 atom stereocenters. The Morgan fingerprint density at radius 2 is 1.92 bits per heavy atom. The minimum atomic E-state index is 0.177. The van der Waals surface area contributed by atoms with Gasteiger partial charge in [0.15, 0.2) is 5.11 Å². The molecule has 2 amide bonds. The van der Waals surface area contributed by atoms with E-state index >= 15 is 0 Å². The van der Waals surface area contributed by atoms with Crippen molar-refractivity contribution in [3.8, 4) is 0 Å². The highest BCUT2D eigenvalue weighted by Crippen LogP contribution is 2.28. The van der Waals surface area contributed by atoms with Crippen molar-refractivity contribution in [2.75, 3.05) is 36.4 Å². The van der Waals surface area contributed by atoms with Gasteiger partial charge in [-0.15, -0.1) is 0 Å². The van der Waals surface area contributed by atoms with E-state index in [9.17, 15) is 9.59 Å². The highest BCUT2D eigenvalue weighted by molar-refractivity contribution is 7.80. The van der Waals surface area contributed by atoms with Gasteiger partial charge >= 0.3 is 0 Å². The number of rotatable bonds is 5. The lowest BCUT2D eigenvalue weighted by Gasteiger charge is -2.20. The summed E-state index contributed by atoms with van der Waals surface area (Å²) in [7, 11) is 0. The van der Waals surface area contributed by atoms with Crippen molar-refractivity contribution in [1.82, 2.24) is 10.2 Å². The maximum absolute atomic E-state index is 12.0. The van der Waals surface area contributed by atoms with Crippen molar-refractivity contribution >= 4 is 40.5 Å². The van der Waals surface area contributed by atoms with Gasteiger partial charge in [0.2, 0.25) is 11.8 Å². The first kappa shape index (κ1) is 17.7. The number of carbonyl (C=O) groups is 2. The molecule has 0 aromatic heterocycles. The van der Waals surface area contributed by atoms with Crippen molar-refractivity contribution in [1.29, 1.82) is 0 Å². The van der Waals surface area contributed by atoms with E-state index in [1.54, 1.807) is 0 Å². The van der Waals surface area contributed by atoms with Gasteiger partial charge in [-0.1, -0.05) is 6.07 Å². The fraction of sp³-hybridized carbons (Fsp3) is 0.500. The highest BCUT2D eigenvalue weighted by Gasteiger charge is 2.23. The lowest BCUT2D eigenvalue weighted by molar-refractivity contribution is -0.127. The van der Waals surface area contributed by atoms with Crippen LogP contribution in [0.4, 0.5) is 11.4 Å². The van der Waals surface area contributed by atoms with Crippen molar-refractivity contribution in [3.05, 3.63) is 23.8 Å². The molecule has 0 saturated carbocycles. The molecule has 0 spiro atoms. The number of hydrogen-bond acceptors (Lipinski definition) is 3. The minimum absolute atomic E-state index is 0.177. The average Bonchev–Trinajstić information content (AvgIpc) is 3.18. The van der Waals surface area contributed by atoms with E-state index in [1.165, 1.54) is 0 Å². The van der Waals surface area contributed by atoms with Crippen molar-refractivity contribution in [2.45, 2.75) is 32.6 Å². The molecule has 6 nitrogen and oxygen atoms in total. The van der Waals surface area contributed by atoms with E-state index in [4.69, 9.17) is 12.2 Å². The van der Waals surface area contributed by atoms with Crippen LogP contribution in [0.5, 0.6) is 0 Å². The summed E-state index contributed by atoms with van der Waals surface area (Å²) in [5.41, 5.74) is 2.88. The van der Waals surface area contributed by atoms with E-state index < -0.39 is 0 Å². The fourth-order valence-electron chi connectivity index (χ4n) is 3.30. The quantitative estimate of drug-likeness (QED) is 0.787. The lowest BCUT2D eigenvalue weighted by Crippen LogP contribution is -2.37. The summed E-state index contributed by atoms with van der Waals surface area (Å²) in [5.74, 6) is 0.398. The summed E-state index contributed by atoms with van der Waals surface area (Å²) in [5, 5.41) is 6.82. The fourth-order valence-corrected chi connectivity index (χ4v) is 3.52. The number of likely N-dealkylation sites (tertiary alicyclic amines) is 1. The van der Waals surface area contributed by atoms with E-state index in [0.717, 1.165) is 42.9 Å². The number of nitrogens with zero attached hydrogens (tertiary/aromatic N) is 2. The summed E-state index contributed by atoms with van der Waals surface area (Å²) in [4.78, 5) is 27.3. The number of anilines is 2. The van der Waals surface area contributed by atoms with Gasteiger partial charge in [-0.2, -0.15) is 0 Å². The third kappa shape index (κ3) is 4.28. The average molecular weight is 360 g/mol. The number of aryl methyl sites for hydroxylation is 1. The summed E-state index contributed by atoms with van der Waals surface area (Å²) >= 11 is 5.33. The second kappa shape index (κ2) is 7.82. The maximum atomic E-state index is 12.0. The SMILES string of the molecule is Cc1ccc(NC(=S)NCCN2CCCC2=O)cc1N1CCCC1=O. The summed E-state index contributed by atoms with van der Waals surface area (Å²) in [6.07, 6.45) is 3.13. The molecule has 3 rings (SSSR count). The number of hydrogen-bond donors (Lipinski definition) is 2. The molecule has 2 N–H and O–H groups in total. The van der Waals surface area contributed by atoms with Gasteiger partial charge in [0.1, 0.15) is 0 Å². The molecule has 1 aromatic carbocycles. The van der Waals surface area contributed by atoms with Gasteiger partial charge in [0.05, 0.1) is 0 Å². The Balaban J connectivity index is 1.54. The number of carbonyl (C=O) groups excluding carboxylic acids is 2. The molecule has 7 heteroatoms. The van der Waals surface area contributed by atoms with E-state index in [-0.39, 0.29) is 11.8 Å². The zero-order valence-corrected chi connectivity index (χ0v) is 15.3. The van der Waals surface area contributed by atoms with Gasteiger partial charge in [-0.05, 0) is 49.7 Å². The minimum Gasteiger partial charge on any atom is -0.361 e. The van der Waals surface area contributed by atoms with Gasteiger partial charge in [-0.25, -0.2) is 0 Å². The van der Waals surface area contributed by atoms with E-state index in [2.05, 4.69) is 10.6 Å². The predicted molar refractivity (Wildman–Crippen MR) is 103 cm³/mol. The summed E-state index contributed by atoms with van der Waals surface area (Å²) in [6.45, 7) is 4.92. The largest absolute Gasteiger partial charge is 0.361 e. The Bertz CT molecular complexity index is 692. The van der Waals surface area contributed by atoms with Crippen molar-refractivity contribution in [3.63, 3.8) is 0 Å². The third-order valence-electron chi connectivity index (χ3n) is 4.67. The topological polar surface area (TPSA) is 64.7 Å². The zero-order chi connectivity index (χ0) is 17.8. The van der Waals surface area contributed by atoms with Crippen molar-refractivity contribution in [2.24, 2.45) is 0 Å². The van der Waals surface area contributed by atoms with E-state index in [1.807, 2.05) is 34.9 Å². The van der Waals surface area contributed by atoms with Crippen LogP contribution >= 0.6 is 12.2 Å². The Kier molecular flexibility index (Phi) is 5.53. The van der Waals surface area contributed by atoms with Crippen molar-refractivity contribution < 1.29 is 9.59 Å². The molecule has 0 unspecified atom stereocenters. The zero-order valence-electron chi connectivity index (χ0n) is 14.5. The molecule has 2 fully saturated rings. The standard InChI is InChI=1S/C18H24N4O2S/c1-13-6-7-14(12-15(13)22-10-3-5-17(22)24)20-18(25)19-8-11-21-9-2-4-16(21)23/h6-7,12H,2-5,8-11H2,1H3,(H2,19,20,25). The Morgan fingerprint density at radius 3 is 2.60 bits per heavy atom. The number of benzene rings is 1. The molecule has 0 radical (unpaired) electrons.